The fraction of sp³-hybridized carbons (Fsp3) is 0.318. The molecule has 3 aromatic rings. The average Bonchev–Trinajstić information content (AvgIpc) is 3.35. The second kappa shape index (κ2) is 8.14. The number of hydrogen-bond donors (Lipinski definition) is 2. The van der Waals surface area contributed by atoms with Crippen molar-refractivity contribution >= 4 is 16.9 Å². The highest BCUT2D eigenvalue weighted by atomic mass is 16.5. The van der Waals surface area contributed by atoms with Crippen LogP contribution in [-0.2, 0) is 11.2 Å². The topological polar surface area (TPSA) is 77.2 Å². The van der Waals surface area contributed by atoms with Crippen LogP contribution in [0, 0.1) is 0 Å². The largest absolute Gasteiger partial charge is 0.464 e. The van der Waals surface area contributed by atoms with Crippen LogP contribution in [0.4, 0.5) is 0 Å². The van der Waals surface area contributed by atoms with Crippen LogP contribution in [0.1, 0.15) is 23.6 Å². The lowest BCUT2D eigenvalue weighted by molar-refractivity contribution is -0.177. The number of hydroxylamine groups is 2. The van der Waals surface area contributed by atoms with Gasteiger partial charge in [-0.05, 0) is 29.7 Å². The van der Waals surface area contributed by atoms with E-state index >= 15 is 0 Å². The Balaban J connectivity index is 1.54. The Labute approximate surface area is 163 Å². The minimum absolute atomic E-state index is 0.0827. The van der Waals surface area contributed by atoms with Crippen LogP contribution in [0.25, 0.3) is 11.0 Å². The SMILES string of the molecule is O=C(Cc1cccc2occc12)N(O)[C@H](CN1CC[C@H](O)C1)c1ccccc1. The summed E-state index contributed by atoms with van der Waals surface area (Å²) in [6.45, 7) is 1.78. The van der Waals surface area contributed by atoms with Gasteiger partial charge in [-0.2, -0.15) is 0 Å². The van der Waals surface area contributed by atoms with Crippen molar-refractivity contribution in [1.29, 1.82) is 0 Å². The third-order valence-corrected chi connectivity index (χ3v) is 5.34. The lowest BCUT2D eigenvalue weighted by Gasteiger charge is -2.30. The molecule has 2 atom stereocenters. The first-order valence-electron chi connectivity index (χ1n) is 9.53. The lowest BCUT2D eigenvalue weighted by Crippen LogP contribution is -2.40. The van der Waals surface area contributed by atoms with E-state index in [1.165, 1.54) is 0 Å². The van der Waals surface area contributed by atoms with E-state index in [2.05, 4.69) is 4.90 Å². The van der Waals surface area contributed by atoms with Crippen LogP contribution in [0.5, 0.6) is 0 Å². The van der Waals surface area contributed by atoms with Gasteiger partial charge in [-0.25, -0.2) is 5.06 Å². The quantitative estimate of drug-likeness (QED) is 0.508. The molecule has 2 aromatic carbocycles. The van der Waals surface area contributed by atoms with Gasteiger partial charge >= 0.3 is 0 Å². The molecule has 0 bridgehead atoms. The van der Waals surface area contributed by atoms with Crippen LogP contribution < -0.4 is 0 Å². The van der Waals surface area contributed by atoms with Gasteiger partial charge < -0.3 is 9.52 Å². The first kappa shape index (κ1) is 18.7. The summed E-state index contributed by atoms with van der Waals surface area (Å²) in [6, 6.07) is 16.4. The van der Waals surface area contributed by atoms with Gasteiger partial charge in [0.25, 0.3) is 5.91 Å². The Hall–Kier alpha value is -2.67. The van der Waals surface area contributed by atoms with E-state index < -0.39 is 6.04 Å². The van der Waals surface area contributed by atoms with Crippen molar-refractivity contribution in [2.45, 2.75) is 25.0 Å². The van der Waals surface area contributed by atoms with Crippen molar-refractivity contribution in [3.8, 4) is 0 Å². The molecule has 0 aliphatic carbocycles. The molecule has 6 heteroatoms. The number of amides is 1. The van der Waals surface area contributed by atoms with E-state index in [1.54, 1.807) is 6.26 Å². The number of furan rings is 1. The number of likely N-dealkylation sites (tertiary alicyclic amines) is 1. The molecule has 1 fully saturated rings. The maximum absolute atomic E-state index is 12.9. The van der Waals surface area contributed by atoms with Crippen LogP contribution in [0.2, 0.25) is 0 Å². The van der Waals surface area contributed by atoms with Gasteiger partial charge in [0.15, 0.2) is 0 Å². The summed E-state index contributed by atoms with van der Waals surface area (Å²) in [5.74, 6) is -0.373. The van der Waals surface area contributed by atoms with Crippen molar-refractivity contribution < 1.29 is 19.5 Å². The third-order valence-electron chi connectivity index (χ3n) is 5.34. The summed E-state index contributed by atoms with van der Waals surface area (Å²) >= 11 is 0. The molecule has 2 N–H and O–H groups in total. The number of carbonyl (C=O) groups excluding carboxylic acids is 1. The van der Waals surface area contributed by atoms with Gasteiger partial charge in [0, 0.05) is 25.0 Å². The fourth-order valence-corrected chi connectivity index (χ4v) is 3.85. The molecule has 1 aromatic heterocycles. The molecule has 0 saturated carbocycles. The van der Waals surface area contributed by atoms with Gasteiger partial charge in [-0.1, -0.05) is 42.5 Å². The average molecular weight is 380 g/mol. The first-order valence-corrected chi connectivity index (χ1v) is 9.53. The summed E-state index contributed by atoms with van der Waals surface area (Å²) in [6.07, 6.45) is 2.04. The minimum atomic E-state index is -0.498. The molecule has 0 spiro atoms. The van der Waals surface area contributed by atoms with E-state index in [-0.39, 0.29) is 18.4 Å². The smallest absolute Gasteiger partial charge is 0.250 e. The maximum Gasteiger partial charge on any atom is 0.250 e. The van der Waals surface area contributed by atoms with Crippen LogP contribution in [-0.4, -0.2) is 51.9 Å². The number of aliphatic hydroxyl groups is 1. The number of rotatable bonds is 6. The molecule has 146 valence electrons. The highest BCUT2D eigenvalue weighted by molar-refractivity contribution is 5.87. The Morgan fingerprint density at radius 2 is 2.00 bits per heavy atom. The molecule has 0 radical (unpaired) electrons. The number of fused-ring (bicyclic) bond motifs is 1. The van der Waals surface area contributed by atoms with Crippen molar-refractivity contribution in [1.82, 2.24) is 9.96 Å². The Bertz CT molecular complexity index is 940. The Kier molecular flexibility index (Phi) is 5.43. The number of β-amino-alcohol motifs (C(OH)–C–C–N with tert-alkyl or cyclic N) is 1. The lowest BCUT2D eigenvalue weighted by atomic mass is 10.0. The van der Waals surface area contributed by atoms with E-state index in [9.17, 15) is 15.1 Å². The Morgan fingerprint density at radius 1 is 1.18 bits per heavy atom. The molecular formula is C22H24N2O4. The van der Waals surface area contributed by atoms with Crippen molar-refractivity contribution in [3.05, 3.63) is 72.0 Å². The number of aliphatic hydroxyl groups excluding tert-OH is 1. The predicted molar refractivity (Wildman–Crippen MR) is 105 cm³/mol. The van der Waals surface area contributed by atoms with E-state index in [4.69, 9.17) is 4.42 Å². The van der Waals surface area contributed by atoms with Gasteiger partial charge in [0.1, 0.15) is 5.58 Å². The number of benzene rings is 2. The molecule has 1 amide bonds. The van der Waals surface area contributed by atoms with Crippen LogP contribution >= 0.6 is 0 Å². The second-order valence-corrected chi connectivity index (χ2v) is 7.29. The molecule has 2 heterocycles. The normalized spacial score (nSPS) is 18.4. The summed E-state index contributed by atoms with van der Waals surface area (Å²) in [4.78, 5) is 15.0. The summed E-state index contributed by atoms with van der Waals surface area (Å²) < 4.78 is 5.40. The molecule has 6 nitrogen and oxygen atoms in total. The highest BCUT2D eigenvalue weighted by Crippen LogP contribution is 2.25. The third kappa shape index (κ3) is 3.94. The molecule has 4 rings (SSSR count). The molecule has 1 saturated heterocycles. The standard InChI is InChI=1S/C22H24N2O4/c25-18-9-11-23(14-18)15-20(16-5-2-1-3-6-16)24(27)22(26)13-17-7-4-8-21-19(17)10-12-28-21/h1-8,10,12,18,20,25,27H,9,11,13-15H2/t18-,20+/m0/s1. The van der Waals surface area contributed by atoms with Crippen molar-refractivity contribution in [2.75, 3.05) is 19.6 Å². The zero-order valence-corrected chi connectivity index (χ0v) is 15.6. The highest BCUT2D eigenvalue weighted by Gasteiger charge is 2.29. The molecular weight excluding hydrogens is 356 g/mol. The predicted octanol–water partition coefficient (Wildman–Crippen LogP) is 3.00. The van der Waals surface area contributed by atoms with Crippen LogP contribution in [0.3, 0.4) is 0 Å². The molecule has 0 unspecified atom stereocenters. The van der Waals surface area contributed by atoms with Crippen molar-refractivity contribution in [3.63, 3.8) is 0 Å². The minimum Gasteiger partial charge on any atom is -0.464 e. The number of hydrogen-bond acceptors (Lipinski definition) is 5. The Morgan fingerprint density at radius 3 is 2.75 bits per heavy atom. The van der Waals surface area contributed by atoms with Crippen molar-refractivity contribution in [2.24, 2.45) is 0 Å². The molecule has 1 aliphatic rings. The monoisotopic (exact) mass is 380 g/mol. The van der Waals surface area contributed by atoms with Gasteiger partial charge in [-0.3, -0.25) is 14.9 Å². The molecule has 28 heavy (non-hydrogen) atoms. The summed E-state index contributed by atoms with van der Waals surface area (Å²) in [5.41, 5.74) is 2.40. The first-order chi connectivity index (χ1) is 13.6. The van der Waals surface area contributed by atoms with Gasteiger partial charge in [0.2, 0.25) is 0 Å². The number of nitrogens with zero attached hydrogens (tertiary/aromatic N) is 2. The fourth-order valence-electron chi connectivity index (χ4n) is 3.85. The zero-order chi connectivity index (χ0) is 19.5. The van der Waals surface area contributed by atoms with E-state index in [1.807, 2.05) is 54.6 Å². The summed E-state index contributed by atoms with van der Waals surface area (Å²) in [5, 5.41) is 22.3. The van der Waals surface area contributed by atoms with E-state index in [0.29, 0.717) is 19.5 Å². The van der Waals surface area contributed by atoms with Gasteiger partial charge in [0.05, 0.1) is 24.8 Å². The zero-order valence-electron chi connectivity index (χ0n) is 15.6. The van der Waals surface area contributed by atoms with Crippen LogP contribution in [0.15, 0.2) is 65.3 Å². The molecule has 1 aliphatic heterocycles. The number of carbonyl (C=O) groups is 1. The van der Waals surface area contributed by atoms with Gasteiger partial charge in [-0.15, -0.1) is 0 Å². The van der Waals surface area contributed by atoms with E-state index in [0.717, 1.165) is 33.7 Å². The second-order valence-electron chi connectivity index (χ2n) is 7.29. The summed E-state index contributed by atoms with van der Waals surface area (Å²) in [7, 11) is 0. The maximum atomic E-state index is 12.9.